The molecule has 0 saturated carbocycles. The van der Waals surface area contributed by atoms with Crippen molar-refractivity contribution < 1.29 is 12.8 Å². The number of hydrogen-bond donors (Lipinski definition) is 1. The number of hydrogen-bond acceptors (Lipinski definition) is 2. The van der Waals surface area contributed by atoms with E-state index in [0.717, 1.165) is 17.5 Å². The first-order chi connectivity index (χ1) is 11.0. The zero-order valence-electron chi connectivity index (χ0n) is 12.6. The highest BCUT2D eigenvalue weighted by molar-refractivity contribution is 7.93. The number of nitrogens with one attached hydrogen (secondary N) is 1. The fourth-order valence-corrected chi connectivity index (χ4v) is 3.90. The normalized spacial score (nSPS) is 14.2. The van der Waals surface area contributed by atoms with Gasteiger partial charge in [0, 0.05) is 6.54 Å². The molecule has 5 heteroatoms. The highest BCUT2D eigenvalue weighted by Gasteiger charge is 2.21. The Hall–Kier alpha value is -1.98. The van der Waals surface area contributed by atoms with Crippen LogP contribution in [0.5, 0.6) is 0 Å². The van der Waals surface area contributed by atoms with Crippen LogP contribution in [0.2, 0.25) is 0 Å². The third-order valence-corrected chi connectivity index (χ3v) is 5.57. The zero-order chi connectivity index (χ0) is 16.3. The summed E-state index contributed by atoms with van der Waals surface area (Å²) in [6.07, 6.45) is 3.53. The molecule has 2 aromatic rings. The second-order valence-corrected chi connectivity index (χ2v) is 7.40. The number of allylic oxidation sites excluding steroid dienone is 1. The molecule has 0 aromatic heterocycles. The minimum absolute atomic E-state index is 0.291. The number of aryl methyl sites for hydroxylation is 1. The molecule has 3 rings (SSSR count). The van der Waals surface area contributed by atoms with Crippen LogP contribution in [0, 0.1) is 5.82 Å². The van der Waals surface area contributed by atoms with Gasteiger partial charge in [-0.2, -0.15) is 0 Å². The average Bonchev–Trinajstić information content (AvgIpc) is 2.56. The van der Waals surface area contributed by atoms with Gasteiger partial charge in [0.05, 0.1) is 4.91 Å². The van der Waals surface area contributed by atoms with Crippen LogP contribution >= 0.6 is 0 Å². The molecule has 0 bridgehead atoms. The van der Waals surface area contributed by atoms with Gasteiger partial charge in [-0.1, -0.05) is 36.4 Å². The number of rotatable bonds is 5. The average molecular weight is 331 g/mol. The van der Waals surface area contributed by atoms with E-state index in [1.807, 2.05) is 24.3 Å². The molecule has 0 fully saturated rings. The lowest BCUT2D eigenvalue weighted by atomic mass is 9.98. The van der Waals surface area contributed by atoms with Gasteiger partial charge in [-0.05, 0) is 54.2 Å². The van der Waals surface area contributed by atoms with Gasteiger partial charge in [-0.3, -0.25) is 0 Å². The van der Waals surface area contributed by atoms with Gasteiger partial charge in [0.1, 0.15) is 5.82 Å². The minimum atomic E-state index is -3.47. The second kappa shape index (κ2) is 6.64. The number of sulfonamides is 1. The van der Waals surface area contributed by atoms with E-state index in [4.69, 9.17) is 0 Å². The van der Waals surface area contributed by atoms with E-state index in [1.165, 1.54) is 17.7 Å². The molecule has 2 aromatic carbocycles. The lowest BCUT2D eigenvalue weighted by Crippen LogP contribution is -2.28. The van der Waals surface area contributed by atoms with Gasteiger partial charge in [-0.15, -0.1) is 0 Å². The van der Waals surface area contributed by atoms with Crippen LogP contribution in [0.3, 0.4) is 0 Å². The molecule has 120 valence electrons. The van der Waals surface area contributed by atoms with Crippen LogP contribution in [0.1, 0.15) is 23.1 Å². The van der Waals surface area contributed by atoms with Crippen LogP contribution in [0.25, 0.3) is 6.08 Å². The molecule has 0 saturated heterocycles. The number of halogens is 1. The van der Waals surface area contributed by atoms with E-state index in [9.17, 15) is 12.8 Å². The molecule has 0 unspecified atom stereocenters. The quantitative estimate of drug-likeness (QED) is 0.914. The SMILES string of the molecule is O=S(=O)(NCCc1ccc(F)cc1)C1=Cc2ccccc2CC1. The highest BCUT2D eigenvalue weighted by Crippen LogP contribution is 2.26. The smallest absolute Gasteiger partial charge is 0.211 e. The Morgan fingerprint density at radius 3 is 2.52 bits per heavy atom. The predicted octanol–water partition coefficient (Wildman–Crippen LogP) is 3.27. The predicted molar refractivity (Wildman–Crippen MR) is 89.8 cm³/mol. The molecule has 0 radical (unpaired) electrons. The molecule has 23 heavy (non-hydrogen) atoms. The summed E-state index contributed by atoms with van der Waals surface area (Å²) in [6.45, 7) is 0.299. The summed E-state index contributed by atoms with van der Waals surface area (Å²) < 4.78 is 40.3. The largest absolute Gasteiger partial charge is 0.236 e. The summed E-state index contributed by atoms with van der Waals surface area (Å²) in [5.41, 5.74) is 3.05. The molecule has 1 aliphatic rings. The molecule has 3 nitrogen and oxygen atoms in total. The molecule has 0 spiro atoms. The maximum atomic E-state index is 12.8. The Kier molecular flexibility index (Phi) is 4.59. The molecular weight excluding hydrogens is 313 g/mol. The Bertz CT molecular complexity index is 826. The maximum Gasteiger partial charge on any atom is 0.236 e. The summed E-state index contributed by atoms with van der Waals surface area (Å²) in [7, 11) is -3.47. The van der Waals surface area contributed by atoms with Crippen molar-refractivity contribution in [3.63, 3.8) is 0 Å². The van der Waals surface area contributed by atoms with E-state index in [-0.39, 0.29) is 5.82 Å². The number of benzene rings is 2. The van der Waals surface area contributed by atoms with Crippen molar-refractivity contribution in [3.05, 3.63) is 75.9 Å². The van der Waals surface area contributed by atoms with Crippen LogP contribution in [-0.4, -0.2) is 15.0 Å². The van der Waals surface area contributed by atoms with Crippen molar-refractivity contribution >= 4 is 16.1 Å². The first-order valence-electron chi connectivity index (χ1n) is 7.57. The topological polar surface area (TPSA) is 46.2 Å². The van der Waals surface area contributed by atoms with Crippen molar-refractivity contribution in [1.82, 2.24) is 4.72 Å². The highest BCUT2D eigenvalue weighted by atomic mass is 32.2. The van der Waals surface area contributed by atoms with Crippen molar-refractivity contribution in [3.8, 4) is 0 Å². The van der Waals surface area contributed by atoms with Gasteiger partial charge >= 0.3 is 0 Å². The fraction of sp³-hybridized carbons (Fsp3) is 0.222. The minimum Gasteiger partial charge on any atom is -0.211 e. The summed E-state index contributed by atoms with van der Waals surface area (Å²) in [6, 6.07) is 13.9. The van der Waals surface area contributed by atoms with Crippen molar-refractivity contribution in [2.24, 2.45) is 0 Å². The van der Waals surface area contributed by atoms with Crippen LogP contribution in [0.4, 0.5) is 4.39 Å². The van der Waals surface area contributed by atoms with Crippen LogP contribution in [0.15, 0.2) is 53.4 Å². The van der Waals surface area contributed by atoms with Crippen molar-refractivity contribution in [2.45, 2.75) is 19.3 Å². The van der Waals surface area contributed by atoms with E-state index >= 15 is 0 Å². The van der Waals surface area contributed by atoms with Crippen molar-refractivity contribution in [2.75, 3.05) is 6.54 Å². The Morgan fingerprint density at radius 2 is 1.74 bits per heavy atom. The van der Waals surface area contributed by atoms with Crippen LogP contribution in [-0.2, 0) is 22.9 Å². The molecule has 0 heterocycles. The lowest BCUT2D eigenvalue weighted by Gasteiger charge is -2.17. The Balaban J connectivity index is 1.66. The standard InChI is InChI=1S/C18H18FNO2S/c19-17-8-5-14(6-9-17)11-12-20-23(21,22)18-10-7-15-3-1-2-4-16(15)13-18/h1-6,8-9,13,20H,7,10-12H2. The molecule has 0 aliphatic heterocycles. The van der Waals surface area contributed by atoms with E-state index in [1.54, 1.807) is 18.2 Å². The molecule has 1 N–H and O–H groups in total. The third kappa shape index (κ3) is 3.86. The van der Waals surface area contributed by atoms with Crippen molar-refractivity contribution in [1.29, 1.82) is 0 Å². The fourth-order valence-electron chi connectivity index (χ4n) is 2.69. The van der Waals surface area contributed by atoms with Crippen LogP contribution < -0.4 is 4.72 Å². The summed E-state index contributed by atoms with van der Waals surface area (Å²) in [5.74, 6) is -0.291. The van der Waals surface area contributed by atoms with Gasteiger partial charge in [0.2, 0.25) is 10.0 Å². The molecule has 1 aliphatic carbocycles. The zero-order valence-corrected chi connectivity index (χ0v) is 13.4. The Morgan fingerprint density at radius 1 is 1.00 bits per heavy atom. The summed E-state index contributed by atoms with van der Waals surface area (Å²) in [4.78, 5) is 0.426. The maximum absolute atomic E-state index is 12.8. The van der Waals surface area contributed by atoms with E-state index < -0.39 is 10.0 Å². The van der Waals surface area contributed by atoms with Gasteiger partial charge < -0.3 is 0 Å². The lowest BCUT2D eigenvalue weighted by molar-refractivity contribution is 0.585. The van der Waals surface area contributed by atoms with Gasteiger partial charge in [0.15, 0.2) is 0 Å². The van der Waals surface area contributed by atoms with Gasteiger partial charge in [0.25, 0.3) is 0 Å². The number of fused-ring (bicyclic) bond motifs is 1. The summed E-state index contributed by atoms with van der Waals surface area (Å²) in [5, 5.41) is 0. The van der Waals surface area contributed by atoms with E-state index in [0.29, 0.717) is 24.3 Å². The monoisotopic (exact) mass is 331 g/mol. The first-order valence-corrected chi connectivity index (χ1v) is 9.05. The third-order valence-electron chi connectivity index (χ3n) is 3.98. The first kappa shape index (κ1) is 15.9. The van der Waals surface area contributed by atoms with E-state index in [2.05, 4.69) is 4.72 Å². The molecule has 0 amide bonds. The van der Waals surface area contributed by atoms with Gasteiger partial charge in [-0.25, -0.2) is 17.5 Å². The second-order valence-electron chi connectivity index (χ2n) is 5.58. The summed E-state index contributed by atoms with van der Waals surface area (Å²) >= 11 is 0. The molecule has 0 atom stereocenters. The Labute approximate surface area is 135 Å². The molecular formula is C18H18FNO2S.